The third kappa shape index (κ3) is 3.23. The Bertz CT molecular complexity index is 881. The number of hydrogen-bond donors (Lipinski definition) is 3. The molecule has 2 aliphatic rings. The van der Waals surface area contributed by atoms with Crippen molar-refractivity contribution < 1.29 is 10.2 Å². The van der Waals surface area contributed by atoms with E-state index in [1.165, 1.54) is 18.9 Å². The van der Waals surface area contributed by atoms with Gasteiger partial charge in [0.1, 0.15) is 11.4 Å². The van der Waals surface area contributed by atoms with E-state index in [0.29, 0.717) is 23.0 Å². The second-order valence-corrected chi connectivity index (χ2v) is 8.45. The average Bonchev–Trinajstić information content (AvgIpc) is 3.04. The van der Waals surface area contributed by atoms with Crippen molar-refractivity contribution in [3.05, 3.63) is 34.6 Å². The van der Waals surface area contributed by atoms with Gasteiger partial charge in [0.05, 0.1) is 23.0 Å². The molecular weight excluding hydrogens is 376 g/mol. The van der Waals surface area contributed by atoms with Gasteiger partial charge in [-0.25, -0.2) is 9.97 Å². The van der Waals surface area contributed by atoms with Gasteiger partial charge in [0.15, 0.2) is 5.82 Å². The maximum Gasteiger partial charge on any atom is 0.153 e. The first-order valence-corrected chi connectivity index (χ1v) is 10.3. The SMILES string of the molecule is Cc1nc(N2CCC3(CCC[C@H]3N)CC2)c(CO)nc1-c1cccc(O)c1Cl. The molecule has 1 aromatic carbocycles. The maximum atomic E-state index is 9.95. The number of hydrogen-bond acceptors (Lipinski definition) is 6. The van der Waals surface area contributed by atoms with Gasteiger partial charge in [-0.05, 0) is 44.1 Å². The van der Waals surface area contributed by atoms with E-state index in [9.17, 15) is 10.2 Å². The monoisotopic (exact) mass is 402 g/mol. The summed E-state index contributed by atoms with van der Waals surface area (Å²) in [4.78, 5) is 11.7. The molecule has 4 N–H and O–H groups in total. The van der Waals surface area contributed by atoms with Crippen LogP contribution >= 0.6 is 11.6 Å². The van der Waals surface area contributed by atoms with Crippen LogP contribution in [-0.2, 0) is 6.61 Å². The Labute approximate surface area is 170 Å². The number of aliphatic hydroxyl groups is 1. The standard InChI is InChI=1S/C21H27ClN4O2/c1-13-19(14-4-2-5-16(28)18(14)22)25-15(12-27)20(24-13)26-10-8-21(9-11-26)7-3-6-17(21)23/h2,4-5,17,27-28H,3,6-12,23H2,1H3/t17-/m1/s1. The molecule has 1 atom stereocenters. The van der Waals surface area contributed by atoms with Crippen LogP contribution in [0.1, 0.15) is 43.5 Å². The Morgan fingerprint density at radius 1 is 1.25 bits per heavy atom. The normalized spacial score (nSPS) is 21.4. The summed E-state index contributed by atoms with van der Waals surface area (Å²) >= 11 is 6.26. The van der Waals surface area contributed by atoms with Crippen LogP contribution < -0.4 is 10.6 Å². The number of nitrogens with two attached hydrogens (primary N) is 1. The van der Waals surface area contributed by atoms with Gasteiger partial charge in [-0.2, -0.15) is 0 Å². The second kappa shape index (κ2) is 7.50. The molecule has 1 aromatic heterocycles. The number of halogens is 1. The van der Waals surface area contributed by atoms with Gasteiger partial charge in [0, 0.05) is 24.7 Å². The molecule has 7 heteroatoms. The van der Waals surface area contributed by atoms with Crippen molar-refractivity contribution in [2.24, 2.45) is 11.1 Å². The first-order chi connectivity index (χ1) is 13.4. The molecule has 6 nitrogen and oxygen atoms in total. The number of aryl methyl sites for hydroxylation is 1. The molecule has 1 saturated heterocycles. The van der Waals surface area contributed by atoms with Crippen molar-refractivity contribution >= 4 is 17.4 Å². The van der Waals surface area contributed by atoms with E-state index in [0.717, 1.165) is 43.9 Å². The number of aromatic hydroxyl groups is 1. The van der Waals surface area contributed by atoms with Crippen molar-refractivity contribution in [2.75, 3.05) is 18.0 Å². The number of piperidine rings is 1. The molecule has 0 unspecified atom stereocenters. The molecule has 2 fully saturated rings. The number of rotatable bonds is 3. The summed E-state index contributed by atoms with van der Waals surface area (Å²) in [6, 6.07) is 5.35. The zero-order valence-electron chi connectivity index (χ0n) is 16.2. The molecule has 1 saturated carbocycles. The Morgan fingerprint density at radius 3 is 2.64 bits per heavy atom. The predicted molar refractivity (Wildman–Crippen MR) is 111 cm³/mol. The molecule has 1 aliphatic carbocycles. The van der Waals surface area contributed by atoms with Crippen molar-refractivity contribution in [1.82, 2.24) is 9.97 Å². The lowest BCUT2D eigenvalue weighted by Gasteiger charge is -2.42. The number of benzene rings is 1. The van der Waals surface area contributed by atoms with E-state index in [-0.39, 0.29) is 22.8 Å². The minimum atomic E-state index is -0.201. The van der Waals surface area contributed by atoms with Gasteiger partial charge >= 0.3 is 0 Å². The van der Waals surface area contributed by atoms with E-state index in [2.05, 4.69) is 9.88 Å². The van der Waals surface area contributed by atoms with Gasteiger partial charge in [-0.1, -0.05) is 30.2 Å². The quantitative estimate of drug-likeness (QED) is 0.728. The summed E-state index contributed by atoms with van der Waals surface area (Å²) in [5.74, 6) is 0.741. The van der Waals surface area contributed by atoms with Gasteiger partial charge in [-0.15, -0.1) is 0 Å². The van der Waals surface area contributed by atoms with Crippen molar-refractivity contribution in [3.63, 3.8) is 0 Å². The highest BCUT2D eigenvalue weighted by Crippen LogP contribution is 2.46. The molecule has 28 heavy (non-hydrogen) atoms. The van der Waals surface area contributed by atoms with Crippen molar-refractivity contribution in [3.8, 4) is 17.0 Å². The minimum Gasteiger partial charge on any atom is -0.506 e. The van der Waals surface area contributed by atoms with E-state index in [1.807, 2.05) is 6.92 Å². The largest absolute Gasteiger partial charge is 0.506 e. The summed E-state index contributed by atoms with van der Waals surface area (Å²) < 4.78 is 0. The van der Waals surface area contributed by atoms with Crippen LogP contribution in [0.25, 0.3) is 11.3 Å². The molecule has 2 aromatic rings. The maximum absolute atomic E-state index is 9.95. The molecule has 1 aliphatic heterocycles. The number of aromatic nitrogens is 2. The summed E-state index contributed by atoms with van der Waals surface area (Å²) in [5, 5.41) is 20.1. The summed E-state index contributed by atoms with van der Waals surface area (Å²) in [7, 11) is 0. The van der Waals surface area contributed by atoms with Crippen LogP contribution in [0.2, 0.25) is 5.02 Å². The fourth-order valence-electron chi connectivity index (χ4n) is 4.81. The highest BCUT2D eigenvalue weighted by Gasteiger charge is 2.43. The summed E-state index contributed by atoms with van der Waals surface area (Å²) in [6.07, 6.45) is 5.68. The van der Waals surface area contributed by atoms with Gasteiger partial charge in [0.2, 0.25) is 0 Å². The Kier molecular flexibility index (Phi) is 5.21. The average molecular weight is 403 g/mol. The predicted octanol–water partition coefficient (Wildman–Crippen LogP) is 3.40. The number of nitrogens with zero attached hydrogens (tertiary/aromatic N) is 3. The lowest BCUT2D eigenvalue weighted by molar-refractivity contribution is 0.196. The number of aliphatic hydroxyl groups excluding tert-OH is 1. The smallest absolute Gasteiger partial charge is 0.153 e. The van der Waals surface area contributed by atoms with Crippen molar-refractivity contribution in [2.45, 2.75) is 51.7 Å². The zero-order chi connectivity index (χ0) is 19.9. The third-order valence-corrected chi connectivity index (χ3v) is 6.94. The fourth-order valence-corrected chi connectivity index (χ4v) is 5.03. The second-order valence-electron chi connectivity index (χ2n) is 8.07. The van der Waals surface area contributed by atoms with Crippen LogP contribution in [0.15, 0.2) is 18.2 Å². The van der Waals surface area contributed by atoms with Gasteiger partial charge in [-0.3, -0.25) is 0 Å². The first-order valence-electron chi connectivity index (χ1n) is 9.92. The molecule has 2 heterocycles. The molecule has 0 amide bonds. The summed E-state index contributed by atoms with van der Waals surface area (Å²) in [5.41, 5.74) is 9.12. The van der Waals surface area contributed by atoms with Crippen LogP contribution in [0.4, 0.5) is 5.82 Å². The molecule has 4 rings (SSSR count). The summed E-state index contributed by atoms with van der Waals surface area (Å²) in [6.45, 7) is 3.43. The fraction of sp³-hybridized carbons (Fsp3) is 0.524. The Balaban J connectivity index is 1.64. The zero-order valence-corrected chi connectivity index (χ0v) is 16.9. The number of anilines is 1. The molecule has 1 spiro atoms. The lowest BCUT2D eigenvalue weighted by Crippen LogP contribution is -2.47. The van der Waals surface area contributed by atoms with Crippen LogP contribution in [0, 0.1) is 12.3 Å². The van der Waals surface area contributed by atoms with E-state index in [4.69, 9.17) is 22.3 Å². The van der Waals surface area contributed by atoms with E-state index in [1.54, 1.807) is 12.1 Å². The molecular formula is C21H27ClN4O2. The third-order valence-electron chi connectivity index (χ3n) is 6.54. The lowest BCUT2D eigenvalue weighted by atomic mass is 9.74. The molecule has 0 bridgehead atoms. The first kappa shape index (κ1) is 19.4. The molecule has 150 valence electrons. The highest BCUT2D eigenvalue weighted by atomic mass is 35.5. The number of phenols is 1. The van der Waals surface area contributed by atoms with Crippen LogP contribution in [-0.4, -0.2) is 39.3 Å². The molecule has 0 radical (unpaired) electrons. The topological polar surface area (TPSA) is 95.5 Å². The van der Waals surface area contributed by atoms with E-state index < -0.39 is 0 Å². The minimum absolute atomic E-state index is 0.00391. The Hall–Kier alpha value is -1.89. The highest BCUT2D eigenvalue weighted by molar-refractivity contribution is 6.34. The van der Waals surface area contributed by atoms with Gasteiger partial charge in [0.25, 0.3) is 0 Å². The van der Waals surface area contributed by atoms with Crippen LogP contribution in [0.3, 0.4) is 0 Å². The number of phenolic OH excluding ortho intramolecular Hbond substituents is 1. The Morgan fingerprint density at radius 2 is 2.00 bits per heavy atom. The van der Waals surface area contributed by atoms with Gasteiger partial charge < -0.3 is 20.8 Å². The van der Waals surface area contributed by atoms with E-state index >= 15 is 0 Å². The van der Waals surface area contributed by atoms with Crippen molar-refractivity contribution in [1.29, 1.82) is 0 Å². The van der Waals surface area contributed by atoms with Crippen LogP contribution in [0.5, 0.6) is 5.75 Å².